The summed E-state index contributed by atoms with van der Waals surface area (Å²) >= 11 is 18.5. The van der Waals surface area contributed by atoms with Gasteiger partial charge in [-0.05, 0) is 43.9 Å². The largest absolute Gasteiger partial charge is 0.481 e. The zero-order chi connectivity index (χ0) is 21.5. The minimum atomic E-state index is -0.823. The van der Waals surface area contributed by atoms with Gasteiger partial charge in [0.1, 0.15) is 10.8 Å². The zero-order valence-corrected chi connectivity index (χ0v) is 19.0. The molecule has 0 radical (unpaired) electrons. The molecule has 4 nitrogen and oxygen atoms in total. The molecule has 7 heteroatoms. The maximum absolute atomic E-state index is 13.6. The number of H-pyrrole nitrogens is 1. The molecule has 158 valence electrons. The summed E-state index contributed by atoms with van der Waals surface area (Å²) in [6.07, 6.45) is 8.96. The Hall–Kier alpha value is -1.23. The molecule has 0 saturated heterocycles. The number of aliphatic carboxylic acids is 1. The number of carbonyl (C=O) groups is 2. The molecule has 3 rings (SSSR count). The van der Waals surface area contributed by atoms with Gasteiger partial charge in [0, 0.05) is 11.8 Å². The number of hydrogen-bond acceptors (Lipinski definition) is 2. The monoisotopic (exact) mass is 457 g/mol. The van der Waals surface area contributed by atoms with Crippen LogP contribution in [0.5, 0.6) is 0 Å². The summed E-state index contributed by atoms with van der Waals surface area (Å²) in [5.74, 6) is -0.817. The zero-order valence-electron chi connectivity index (χ0n) is 16.7. The molecule has 1 fully saturated rings. The molecule has 1 aromatic rings. The van der Waals surface area contributed by atoms with Crippen molar-refractivity contribution in [3.8, 4) is 0 Å². The van der Waals surface area contributed by atoms with Crippen molar-refractivity contribution in [2.24, 2.45) is 35.5 Å². The predicted octanol–water partition coefficient (Wildman–Crippen LogP) is 6.68. The van der Waals surface area contributed by atoms with E-state index in [4.69, 9.17) is 34.8 Å². The normalized spacial score (nSPS) is 30.3. The van der Waals surface area contributed by atoms with E-state index in [1.54, 1.807) is 6.92 Å². The Morgan fingerprint density at radius 3 is 2.52 bits per heavy atom. The molecule has 1 heterocycles. The van der Waals surface area contributed by atoms with E-state index >= 15 is 0 Å². The number of Topliss-reactive ketones (excluding diaryl/α,β-unsaturated/α-hetero) is 1. The number of allylic oxidation sites excluding steroid dienone is 4. The quantitative estimate of drug-likeness (QED) is 0.369. The first kappa shape index (κ1) is 22.5. The van der Waals surface area contributed by atoms with Crippen LogP contribution in [0, 0.1) is 35.5 Å². The lowest BCUT2D eigenvalue weighted by Crippen LogP contribution is -2.37. The fourth-order valence-corrected chi connectivity index (χ4v) is 5.61. The number of carboxylic acid groups (broad SMARTS) is 1. The van der Waals surface area contributed by atoms with Gasteiger partial charge in [0.05, 0.1) is 16.0 Å². The molecule has 1 aromatic heterocycles. The van der Waals surface area contributed by atoms with Gasteiger partial charge in [-0.25, -0.2) is 0 Å². The molecule has 0 aromatic carbocycles. The van der Waals surface area contributed by atoms with Crippen LogP contribution in [0.1, 0.15) is 50.5 Å². The maximum atomic E-state index is 13.6. The van der Waals surface area contributed by atoms with E-state index in [1.807, 2.05) is 13.0 Å². The van der Waals surface area contributed by atoms with Crippen molar-refractivity contribution in [1.29, 1.82) is 0 Å². The Bertz CT molecular complexity index is 873. The number of carboxylic acids is 1. The van der Waals surface area contributed by atoms with Crippen LogP contribution in [-0.2, 0) is 4.79 Å². The Morgan fingerprint density at radius 1 is 1.24 bits per heavy atom. The fourth-order valence-electron chi connectivity index (χ4n) is 4.99. The van der Waals surface area contributed by atoms with Crippen molar-refractivity contribution in [3.05, 3.63) is 44.7 Å². The summed E-state index contributed by atoms with van der Waals surface area (Å²) in [7, 11) is 0. The molecule has 0 spiro atoms. The topological polar surface area (TPSA) is 70.2 Å². The van der Waals surface area contributed by atoms with E-state index in [9.17, 15) is 14.7 Å². The lowest BCUT2D eigenvalue weighted by atomic mass is 9.66. The predicted molar refractivity (Wildman–Crippen MR) is 117 cm³/mol. The molecular weight excluding hydrogens is 433 g/mol. The number of aromatic amines is 1. The third-order valence-corrected chi connectivity index (χ3v) is 7.67. The van der Waals surface area contributed by atoms with Gasteiger partial charge in [-0.2, -0.15) is 0 Å². The van der Waals surface area contributed by atoms with E-state index < -0.39 is 11.9 Å². The highest BCUT2D eigenvalue weighted by Gasteiger charge is 2.46. The first-order valence-corrected chi connectivity index (χ1v) is 11.1. The average molecular weight is 459 g/mol. The number of fused-ring (bicyclic) bond motifs is 1. The number of hydrogen-bond donors (Lipinski definition) is 2. The lowest BCUT2D eigenvalue weighted by Gasteiger charge is -2.36. The van der Waals surface area contributed by atoms with Gasteiger partial charge in [0.2, 0.25) is 0 Å². The maximum Gasteiger partial charge on any atom is 0.306 e. The first-order chi connectivity index (χ1) is 13.6. The molecule has 0 aliphatic heterocycles. The summed E-state index contributed by atoms with van der Waals surface area (Å²) in [6, 6.07) is 0. The number of halogens is 3. The van der Waals surface area contributed by atoms with Crippen LogP contribution in [0.4, 0.5) is 0 Å². The van der Waals surface area contributed by atoms with Gasteiger partial charge in [-0.1, -0.05) is 72.5 Å². The molecule has 1 unspecified atom stereocenters. The van der Waals surface area contributed by atoms with Gasteiger partial charge >= 0.3 is 5.97 Å². The van der Waals surface area contributed by atoms with E-state index in [2.05, 4.69) is 24.1 Å². The van der Waals surface area contributed by atoms with Crippen LogP contribution >= 0.6 is 34.8 Å². The summed E-state index contributed by atoms with van der Waals surface area (Å²) in [5, 5.41) is 9.70. The molecular formula is C22H26Cl3NO3. The number of nitrogens with one attached hydrogen (secondary N) is 1. The summed E-state index contributed by atoms with van der Waals surface area (Å²) in [5.41, 5.74) is 1.22. The molecule has 1 saturated carbocycles. The average Bonchev–Trinajstić information content (AvgIpc) is 3.16. The highest BCUT2D eigenvalue weighted by atomic mass is 35.5. The molecule has 0 amide bonds. The molecule has 29 heavy (non-hydrogen) atoms. The highest BCUT2D eigenvalue weighted by molar-refractivity contribution is 6.49. The van der Waals surface area contributed by atoms with Crippen LogP contribution in [0.3, 0.4) is 0 Å². The Morgan fingerprint density at radius 2 is 1.93 bits per heavy atom. The minimum Gasteiger partial charge on any atom is -0.481 e. The van der Waals surface area contributed by atoms with Gasteiger partial charge in [-0.15, -0.1) is 0 Å². The van der Waals surface area contributed by atoms with E-state index in [0.29, 0.717) is 18.3 Å². The smallest absolute Gasteiger partial charge is 0.306 e. The Labute approximate surface area is 186 Å². The molecule has 6 atom stereocenters. The van der Waals surface area contributed by atoms with Crippen molar-refractivity contribution in [2.75, 3.05) is 0 Å². The van der Waals surface area contributed by atoms with E-state index in [-0.39, 0.29) is 44.4 Å². The standard InChI is InChI=1S/C22H26Cl3NO3/c1-10(8-12(3)22(28)29)9-14-7-6-13-5-4-11(2)15(13)16(14)20(27)19-17(23)18(24)21(25)26-19/h6-7,9,11-16,26H,4-5,8H2,1-3H3,(H,28,29)/b10-9+/t11-,12+,13-,14-,15+,16?/m0/s1. The third-order valence-electron chi connectivity index (χ3n) is 6.43. The van der Waals surface area contributed by atoms with Crippen molar-refractivity contribution >= 4 is 46.6 Å². The summed E-state index contributed by atoms with van der Waals surface area (Å²) in [4.78, 5) is 27.7. The second kappa shape index (κ2) is 8.87. The fraction of sp³-hybridized carbons (Fsp3) is 0.545. The molecule has 2 aliphatic carbocycles. The first-order valence-electron chi connectivity index (χ1n) is 9.96. The second-order valence-electron chi connectivity index (χ2n) is 8.55. The van der Waals surface area contributed by atoms with Gasteiger partial charge in [0.15, 0.2) is 5.78 Å². The minimum absolute atomic E-state index is 0.0859. The number of ketones is 1. The summed E-state index contributed by atoms with van der Waals surface area (Å²) < 4.78 is 0. The molecule has 0 bridgehead atoms. The van der Waals surface area contributed by atoms with Crippen molar-refractivity contribution in [2.45, 2.75) is 40.0 Å². The van der Waals surface area contributed by atoms with Crippen LogP contribution in [0.15, 0.2) is 23.8 Å². The van der Waals surface area contributed by atoms with Gasteiger partial charge in [0.25, 0.3) is 0 Å². The van der Waals surface area contributed by atoms with E-state index in [1.165, 1.54) is 0 Å². The number of carbonyl (C=O) groups excluding carboxylic acids is 1. The van der Waals surface area contributed by atoms with Gasteiger partial charge < -0.3 is 10.1 Å². The van der Waals surface area contributed by atoms with Crippen LogP contribution in [0.2, 0.25) is 15.2 Å². The highest BCUT2D eigenvalue weighted by Crippen LogP contribution is 2.50. The third kappa shape index (κ3) is 4.45. The SMILES string of the molecule is C/C(=C\[C@@H]1C=C[C@@H]2CC[C@H](C)[C@H]2C1C(=O)c1[nH]c(Cl)c(Cl)c1Cl)C[C@@H](C)C(=O)O. The van der Waals surface area contributed by atoms with Gasteiger partial charge in [-0.3, -0.25) is 9.59 Å². The van der Waals surface area contributed by atoms with Crippen LogP contribution < -0.4 is 0 Å². The Balaban J connectivity index is 1.98. The molecule has 2 aliphatic rings. The van der Waals surface area contributed by atoms with Crippen molar-refractivity contribution < 1.29 is 14.7 Å². The second-order valence-corrected chi connectivity index (χ2v) is 9.68. The Kier molecular flexibility index (Phi) is 6.87. The lowest BCUT2D eigenvalue weighted by molar-refractivity contribution is -0.141. The van der Waals surface area contributed by atoms with Crippen LogP contribution in [-0.4, -0.2) is 21.8 Å². The number of aromatic nitrogens is 1. The van der Waals surface area contributed by atoms with Crippen LogP contribution in [0.25, 0.3) is 0 Å². The summed E-state index contributed by atoms with van der Waals surface area (Å²) in [6.45, 7) is 5.81. The van der Waals surface area contributed by atoms with E-state index in [0.717, 1.165) is 18.4 Å². The van der Waals surface area contributed by atoms with Crippen molar-refractivity contribution in [1.82, 2.24) is 4.98 Å². The molecule has 2 N–H and O–H groups in total. The number of rotatable bonds is 6. The van der Waals surface area contributed by atoms with Crippen molar-refractivity contribution in [3.63, 3.8) is 0 Å².